The van der Waals surface area contributed by atoms with E-state index in [4.69, 9.17) is 4.74 Å². The lowest BCUT2D eigenvalue weighted by molar-refractivity contribution is -0.117. The van der Waals surface area contributed by atoms with Crippen molar-refractivity contribution in [1.82, 2.24) is 0 Å². The van der Waals surface area contributed by atoms with Crippen molar-refractivity contribution in [1.29, 1.82) is 0 Å². The van der Waals surface area contributed by atoms with Gasteiger partial charge < -0.3 is 9.53 Å². The van der Waals surface area contributed by atoms with Gasteiger partial charge in [-0.15, -0.1) is 0 Å². The molecule has 2 nitrogen and oxygen atoms in total. The van der Waals surface area contributed by atoms with E-state index in [9.17, 15) is 4.79 Å². The second-order valence-corrected chi connectivity index (χ2v) is 5.55. The summed E-state index contributed by atoms with van der Waals surface area (Å²) in [5, 5.41) is 0. The molecule has 0 unspecified atom stereocenters. The molecular formula is C15H21BrO2. The Kier molecular flexibility index (Phi) is 5.39. The van der Waals surface area contributed by atoms with Gasteiger partial charge in [-0.25, -0.2) is 0 Å². The first-order valence-corrected chi connectivity index (χ1v) is 7.01. The molecule has 0 fully saturated rings. The van der Waals surface area contributed by atoms with Gasteiger partial charge in [0, 0.05) is 10.9 Å². The minimum atomic E-state index is 0.245. The van der Waals surface area contributed by atoms with Crippen LogP contribution in [0.25, 0.3) is 0 Å². The van der Waals surface area contributed by atoms with Crippen LogP contribution in [0.15, 0.2) is 4.47 Å². The SMILES string of the molecule is COc1c(C)c(C)c(Br)c(C)c1CCCC(C)=O. The fourth-order valence-corrected chi connectivity index (χ4v) is 2.77. The lowest BCUT2D eigenvalue weighted by atomic mass is 9.95. The Morgan fingerprint density at radius 3 is 2.28 bits per heavy atom. The molecule has 0 aromatic heterocycles. The molecule has 0 N–H and O–H groups in total. The molecule has 0 aliphatic carbocycles. The van der Waals surface area contributed by atoms with E-state index in [2.05, 4.69) is 36.7 Å². The molecule has 18 heavy (non-hydrogen) atoms. The molecule has 0 aliphatic rings. The highest BCUT2D eigenvalue weighted by Gasteiger charge is 2.16. The van der Waals surface area contributed by atoms with E-state index in [1.165, 1.54) is 22.3 Å². The molecule has 0 saturated heterocycles. The van der Waals surface area contributed by atoms with Crippen molar-refractivity contribution in [3.8, 4) is 5.75 Å². The molecule has 1 aromatic carbocycles. The van der Waals surface area contributed by atoms with Gasteiger partial charge in [0.2, 0.25) is 0 Å². The second kappa shape index (κ2) is 6.37. The average Bonchev–Trinajstić information content (AvgIpc) is 2.33. The van der Waals surface area contributed by atoms with Gasteiger partial charge in [0.15, 0.2) is 0 Å². The molecule has 0 spiro atoms. The molecule has 0 bridgehead atoms. The highest BCUT2D eigenvalue weighted by atomic mass is 79.9. The summed E-state index contributed by atoms with van der Waals surface area (Å²) in [6.07, 6.45) is 2.39. The van der Waals surface area contributed by atoms with Gasteiger partial charge >= 0.3 is 0 Å². The van der Waals surface area contributed by atoms with Crippen LogP contribution in [0.1, 0.15) is 42.0 Å². The summed E-state index contributed by atoms with van der Waals surface area (Å²) in [6.45, 7) is 7.91. The molecular weight excluding hydrogens is 292 g/mol. The van der Waals surface area contributed by atoms with Gasteiger partial charge in [-0.2, -0.15) is 0 Å². The van der Waals surface area contributed by atoms with Crippen LogP contribution in [0.2, 0.25) is 0 Å². The largest absolute Gasteiger partial charge is 0.496 e. The van der Waals surface area contributed by atoms with Gasteiger partial charge in [0.1, 0.15) is 11.5 Å². The number of halogens is 1. The number of carbonyl (C=O) groups is 1. The summed E-state index contributed by atoms with van der Waals surface area (Å²) in [5.74, 6) is 1.21. The van der Waals surface area contributed by atoms with Crippen molar-refractivity contribution < 1.29 is 9.53 Å². The van der Waals surface area contributed by atoms with E-state index in [0.717, 1.165) is 23.1 Å². The van der Waals surface area contributed by atoms with Crippen molar-refractivity contribution >= 4 is 21.7 Å². The molecule has 3 heteroatoms. The number of Topliss-reactive ketones (excluding diaryl/α,β-unsaturated/α-hetero) is 1. The van der Waals surface area contributed by atoms with Crippen molar-refractivity contribution in [3.63, 3.8) is 0 Å². The predicted molar refractivity (Wildman–Crippen MR) is 78.5 cm³/mol. The Labute approximate surface area is 118 Å². The highest BCUT2D eigenvalue weighted by molar-refractivity contribution is 9.10. The van der Waals surface area contributed by atoms with Crippen LogP contribution < -0.4 is 4.74 Å². The highest BCUT2D eigenvalue weighted by Crippen LogP contribution is 2.36. The number of carbonyl (C=O) groups excluding carboxylic acids is 1. The lowest BCUT2D eigenvalue weighted by Gasteiger charge is -2.18. The summed E-state index contributed by atoms with van der Waals surface area (Å²) in [5.41, 5.74) is 4.83. The Balaban J connectivity index is 3.12. The molecule has 0 amide bonds. The van der Waals surface area contributed by atoms with E-state index in [1.807, 2.05) is 0 Å². The third-order valence-electron chi connectivity index (χ3n) is 3.45. The number of rotatable bonds is 5. The molecule has 0 aliphatic heterocycles. The van der Waals surface area contributed by atoms with Crippen molar-refractivity contribution in [2.24, 2.45) is 0 Å². The van der Waals surface area contributed by atoms with Gasteiger partial charge in [-0.05, 0) is 62.8 Å². The molecule has 0 heterocycles. The molecule has 0 radical (unpaired) electrons. The zero-order valence-electron chi connectivity index (χ0n) is 11.8. The third-order valence-corrected chi connectivity index (χ3v) is 4.64. The number of benzene rings is 1. The van der Waals surface area contributed by atoms with Gasteiger partial charge in [-0.3, -0.25) is 0 Å². The van der Waals surface area contributed by atoms with E-state index in [-0.39, 0.29) is 5.78 Å². The molecule has 100 valence electrons. The second-order valence-electron chi connectivity index (χ2n) is 4.76. The predicted octanol–water partition coefficient (Wildman–Crippen LogP) is 4.29. The van der Waals surface area contributed by atoms with Crippen LogP contribution >= 0.6 is 15.9 Å². The average molecular weight is 313 g/mol. The zero-order chi connectivity index (χ0) is 13.9. The number of methoxy groups -OCH3 is 1. The van der Waals surface area contributed by atoms with Crippen LogP contribution in [0.3, 0.4) is 0 Å². The Bertz CT molecular complexity index is 464. The normalized spacial score (nSPS) is 10.6. The molecule has 1 aromatic rings. The zero-order valence-corrected chi connectivity index (χ0v) is 13.4. The van der Waals surface area contributed by atoms with E-state index < -0.39 is 0 Å². The summed E-state index contributed by atoms with van der Waals surface area (Å²) < 4.78 is 6.70. The van der Waals surface area contributed by atoms with Crippen molar-refractivity contribution in [2.45, 2.75) is 47.0 Å². The molecule has 1 rings (SSSR count). The van der Waals surface area contributed by atoms with E-state index >= 15 is 0 Å². The van der Waals surface area contributed by atoms with E-state index in [1.54, 1.807) is 14.0 Å². The van der Waals surface area contributed by atoms with Gasteiger partial charge in [-0.1, -0.05) is 15.9 Å². The number of hydrogen-bond donors (Lipinski definition) is 0. The first-order valence-electron chi connectivity index (χ1n) is 6.21. The fraction of sp³-hybridized carbons (Fsp3) is 0.533. The Hall–Kier alpha value is -0.830. The summed E-state index contributed by atoms with van der Waals surface area (Å²) >= 11 is 3.64. The summed E-state index contributed by atoms with van der Waals surface area (Å²) in [7, 11) is 1.71. The quantitative estimate of drug-likeness (QED) is 0.810. The van der Waals surface area contributed by atoms with Crippen LogP contribution in [-0.4, -0.2) is 12.9 Å². The summed E-state index contributed by atoms with van der Waals surface area (Å²) in [4.78, 5) is 11.0. The first kappa shape index (κ1) is 15.2. The number of ketones is 1. The standard InChI is InChI=1S/C15H21BrO2/c1-9(17)7-6-8-13-12(4)14(16)10(2)11(3)15(13)18-5/h6-8H2,1-5H3. The monoisotopic (exact) mass is 312 g/mol. The number of ether oxygens (including phenoxy) is 1. The fourth-order valence-electron chi connectivity index (χ4n) is 2.24. The third kappa shape index (κ3) is 3.14. The maximum atomic E-state index is 11.0. The van der Waals surface area contributed by atoms with Crippen LogP contribution in [0, 0.1) is 20.8 Å². The maximum Gasteiger partial charge on any atom is 0.129 e. The van der Waals surface area contributed by atoms with Crippen LogP contribution in [-0.2, 0) is 11.2 Å². The van der Waals surface area contributed by atoms with Crippen molar-refractivity contribution in [3.05, 3.63) is 26.7 Å². The lowest BCUT2D eigenvalue weighted by Crippen LogP contribution is -2.03. The smallest absolute Gasteiger partial charge is 0.129 e. The van der Waals surface area contributed by atoms with Gasteiger partial charge in [0.05, 0.1) is 7.11 Å². The Morgan fingerprint density at radius 1 is 1.17 bits per heavy atom. The minimum absolute atomic E-state index is 0.245. The minimum Gasteiger partial charge on any atom is -0.496 e. The van der Waals surface area contributed by atoms with Crippen LogP contribution in [0.5, 0.6) is 5.75 Å². The van der Waals surface area contributed by atoms with Crippen LogP contribution in [0.4, 0.5) is 0 Å². The maximum absolute atomic E-state index is 11.0. The van der Waals surface area contributed by atoms with Crippen molar-refractivity contribution in [2.75, 3.05) is 7.11 Å². The van der Waals surface area contributed by atoms with E-state index in [0.29, 0.717) is 6.42 Å². The topological polar surface area (TPSA) is 26.3 Å². The first-order chi connectivity index (χ1) is 8.40. The van der Waals surface area contributed by atoms with Gasteiger partial charge in [0.25, 0.3) is 0 Å². The Morgan fingerprint density at radius 2 is 1.78 bits per heavy atom. The molecule has 0 atom stereocenters. The number of hydrogen-bond acceptors (Lipinski definition) is 2. The summed E-state index contributed by atoms with van der Waals surface area (Å²) in [6, 6.07) is 0. The molecule has 0 saturated carbocycles.